The highest BCUT2D eigenvalue weighted by molar-refractivity contribution is 5.84. The molecule has 29 heavy (non-hydrogen) atoms. The summed E-state index contributed by atoms with van der Waals surface area (Å²) in [7, 11) is 5.02. The van der Waals surface area contributed by atoms with Crippen LogP contribution in [0.1, 0.15) is 17.5 Å². The minimum Gasteiger partial charge on any atom is -0.508 e. The van der Waals surface area contributed by atoms with Gasteiger partial charge in [0.1, 0.15) is 5.75 Å². The maximum atomic E-state index is 12.5. The fourth-order valence-electron chi connectivity index (χ4n) is 3.38. The topological polar surface area (TPSA) is 59.0 Å². The Morgan fingerprint density at radius 2 is 1.59 bits per heavy atom. The molecule has 0 atom stereocenters. The fraction of sp³-hybridized carbons (Fsp3) is 0.292. The van der Waals surface area contributed by atoms with E-state index in [0.717, 1.165) is 29.2 Å². The molecule has 0 fully saturated rings. The number of likely N-dealkylation sites (N-methyl/N-ethyl adjacent to an activating group) is 1. The molecule has 152 valence electrons. The number of methoxy groups -OCH3 is 2. The smallest absolute Gasteiger partial charge is 0.226 e. The molecule has 3 rings (SSSR count). The molecule has 0 aliphatic carbocycles. The highest BCUT2D eigenvalue weighted by Gasteiger charge is 2.12. The van der Waals surface area contributed by atoms with Crippen LogP contribution >= 0.6 is 0 Å². The number of amides is 1. The third-order valence-corrected chi connectivity index (χ3v) is 5.08. The summed E-state index contributed by atoms with van der Waals surface area (Å²) in [5, 5.41) is 11.7. The van der Waals surface area contributed by atoms with Gasteiger partial charge in [0.2, 0.25) is 5.91 Å². The molecule has 5 heteroatoms. The molecule has 5 nitrogen and oxygen atoms in total. The standard InChI is InChI=1S/C24H27NO4/c1-25(24(27)15-18-7-11-22(28-2)23(14-18)29-3)12-4-5-17-6-8-20-16-21(26)10-9-19(20)13-17/h6-11,13-14,16,26H,4-5,12,15H2,1-3H3. The van der Waals surface area contributed by atoms with Crippen LogP contribution in [0.2, 0.25) is 0 Å². The van der Waals surface area contributed by atoms with Crippen molar-refractivity contribution in [2.45, 2.75) is 19.3 Å². The minimum atomic E-state index is 0.0752. The van der Waals surface area contributed by atoms with Gasteiger partial charge >= 0.3 is 0 Å². The summed E-state index contributed by atoms with van der Waals surface area (Å²) in [4.78, 5) is 14.3. The van der Waals surface area contributed by atoms with Crippen molar-refractivity contribution in [1.82, 2.24) is 4.90 Å². The first-order chi connectivity index (χ1) is 14.0. The predicted molar refractivity (Wildman–Crippen MR) is 115 cm³/mol. The molecule has 0 saturated heterocycles. The third-order valence-electron chi connectivity index (χ3n) is 5.08. The van der Waals surface area contributed by atoms with E-state index in [9.17, 15) is 9.90 Å². The molecule has 0 bridgehead atoms. The number of phenolic OH excluding ortho intramolecular Hbond substituents is 1. The molecular weight excluding hydrogens is 366 g/mol. The van der Waals surface area contributed by atoms with Crippen molar-refractivity contribution in [2.24, 2.45) is 0 Å². The molecular formula is C24H27NO4. The molecule has 1 amide bonds. The fourth-order valence-corrected chi connectivity index (χ4v) is 3.38. The van der Waals surface area contributed by atoms with E-state index < -0.39 is 0 Å². The number of carbonyl (C=O) groups excluding carboxylic acids is 1. The van der Waals surface area contributed by atoms with E-state index in [4.69, 9.17) is 9.47 Å². The van der Waals surface area contributed by atoms with E-state index in [1.807, 2.05) is 37.4 Å². The van der Waals surface area contributed by atoms with Crippen LogP contribution in [0, 0.1) is 0 Å². The van der Waals surface area contributed by atoms with Gasteiger partial charge < -0.3 is 19.5 Å². The van der Waals surface area contributed by atoms with Gasteiger partial charge in [-0.05, 0) is 59.0 Å². The molecule has 0 radical (unpaired) electrons. The Balaban J connectivity index is 1.53. The quantitative estimate of drug-likeness (QED) is 0.623. The Hall–Kier alpha value is -3.21. The number of hydrogen-bond acceptors (Lipinski definition) is 4. The van der Waals surface area contributed by atoms with Gasteiger partial charge in [0.25, 0.3) is 0 Å². The van der Waals surface area contributed by atoms with E-state index in [-0.39, 0.29) is 11.7 Å². The SMILES string of the molecule is COc1ccc(CC(=O)N(C)CCCc2ccc3cc(O)ccc3c2)cc1OC. The van der Waals surface area contributed by atoms with Crippen molar-refractivity contribution in [3.8, 4) is 17.2 Å². The van der Waals surface area contributed by atoms with Crippen LogP contribution in [0.15, 0.2) is 54.6 Å². The molecule has 0 aliphatic rings. The number of phenols is 1. The number of nitrogens with zero attached hydrogens (tertiary/aromatic N) is 1. The lowest BCUT2D eigenvalue weighted by Gasteiger charge is -2.18. The monoisotopic (exact) mass is 393 g/mol. The van der Waals surface area contributed by atoms with Crippen LogP contribution in [0.25, 0.3) is 10.8 Å². The van der Waals surface area contributed by atoms with Gasteiger partial charge in [0.15, 0.2) is 11.5 Å². The molecule has 0 heterocycles. The highest BCUT2D eigenvalue weighted by atomic mass is 16.5. The molecule has 1 N–H and O–H groups in total. The van der Waals surface area contributed by atoms with Crippen LogP contribution in [-0.4, -0.2) is 43.7 Å². The zero-order valence-electron chi connectivity index (χ0n) is 17.1. The van der Waals surface area contributed by atoms with Crippen LogP contribution in [0.3, 0.4) is 0 Å². The first kappa shape index (κ1) is 20.5. The van der Waals surface area contributed by atoms with Crippen molar-refractivity contribution in [3.05, 3.63) is 65.7 Å². The number of fused-ring (bicyclic) bond motifs is 1. The summed E-state index contributed by atoms with van der Waals surface area (Å²) in [6, 6.07) is 17.2. The second kappa shape index (κ2) is 9.32. The van der Waals surface area contributed by atoms with E-state index in [2.05, 4.69) is 12.1 Å². The van der Waals surface area contributed by atoms with Gasteiger partial charge in [0.05, 0.1) is 20.6 Å². The van der Waals surface area contributed by atoms with Crippen molar-refractivity contribution in [2.75, 3.05) is 27.8 Å². The second-order valence-electron chi connectivity index (χ2n) is 7.15. The van der Waals surface area contributed by atoms with Gasteiger partial charge in [-0.1, -0.05) is 30.3 Å². The van der Waals surface area contributed by atoms with Gasteiger partial charge in [-0.3, -0.25) is 4.79 Å². The van der Waals surface area contributed by atoms with Gasteiger partial charge in [-0.2, -0.15) is 0 Å². The first-order valence-electron chi connectivity index (χ1n) is 9.66. The average molecular weight is 393 g/mol. The maximum absolute atomic E-state index is 12.5. The lowest BCUT2D eigenvalue weighted by atomic mass is 10.0. The second-order valence-corrected chi connectivity index (χ2v) is 7.15. The first-order valence-corrected chi connectivity index (χ1v) is 9.66. The number of ether oxygens (including phenoxy) is 2. The minimum absolute atomic E-state index is 0.0752. The van der Waals surface area contributed by atoms with Gasteiger partial charge in [-0.25, -0.2) is 0 Å². The van der Waals surface area contributed by atoms with Gasteiger partial charge in [-0.15, -0.1) is 0 Å². The Morgan fingerprint density at radius 3 is 2.34 bits per heavy atom. The summed E-state index contributed by atoms with van der Waals surface area (Å²) in [6.45, 7) is 0.694. The molecule has 0 aromatic heterocycles. The normalized spacial score (nSPS) is 10.7. The summed E-state index contributed by atoms with van der Waals surface area (Å²) in [6.07, 6.45) is 2.11. The molecule has 0 unspecified atom stereocenters. The lowest BCUT2D eigenvalue weighted by Crippen LogP contribution is -2.29. The molecule has 3 aromatic rings. The Bertz CT molecular complexity index is 999. The number of carbonyl (C=O) groups is 1. The van der Waals surface area contributed by atoms with E-state index in [1.165, 1.54) is 5.56 Å². The van der Waals surface area contributed by atoms with Crippen LogP contribution < -0.4 is 9.47 Å². The van der Waals surface area contributed by atoms with E-state index in [1.54, 1.807) is 31.3 Å². The highest BCUT2D eigenvalue weighted by Crippen LogP contribution is 2.28. The van der Waals surface area contributed by atoms with Crippen molar-refractivity contribution < 1.29 is 19.4 Å². The molecule has 0 aliphatic heterocycles. The Kier molecular flexibility index (Phi) is 6.60. The van der Waals surface area contributed by atoms with Crippen LogP contribution in [0.4, 0.5) is 0 Å². The Morgan fingerprint density at radius 1 is 0.897 bits per heavy atom. The maximum Gasteiger partial charge on any atom is 0.226 e. The van der Waals surface area contributed by atoms with Gasteiger partial charge in [0, 0.05) is 13.6 Å². The molecule has 3 aromatic carbocycles. The van der Waals surface area contributed by atoms with E-state index in [0.29, 0.717) is 24.5 Å². The zero-order chi connectivity index (χ0) is 20.8. The van der Waals surface area contributed by atoms with Crippen LogP contribution in [0.5, 0.6) is 17.2 Å². The number of rotatable bonds is 8. The molecule has 0 saturated carbocycles. The third kappa shape index (κ3) is 5.19. The van der Waals surface area contributed by atoms with Crippen LogP contribution in [-0.2, 0) is 17.6 Å². The summed E-state index contributed by atoms with van der Waals surface area (Å²) in [5.74, 6) is 1.64. The number of aryl methyl sites for hydroxylation is 1. The van der Waals surface area contributed by atoms with Crippen molar-refractivity contribution >= 4 is 16.7 Å². The number of aromatic hydroxyl groups is 1. The van der Waals surface area contributed by atoms with Crippen molar-refractivity contribution in [1.29, 1.82) is 0 Å². The summed E-state index contributed by atoms with van der Waals surface area (Å²) in [5.41, 5.74) is 2.13. The molecule has 0 spiro atoms. The van der Waals surface area contributed by atoms with Crippen molar-refractivity contribution in [3.63, 3.8) is 0 Å². The number of benzene rings is 3. The largest absolute Gasteiger partial charge is 0.508 e. The summed E-state index contributed by atoms with van der Waals surface area (Å²) < 4.78 is 10.5. The summed E-state index contributed by atoms with van der Waals surface area (Å²) >= 11 is 0. The average Bonchev–Trinajstić information content (AvgIpc) is 2.73. The Labute approximate surface area is 171 Å². The zero-order valence-corrected chi connectivity index (χ0v) is 17.1. The number of hydrogen-bond donors (Lipinski definition) is 1. The lowest BCUT2D eigenvalue weighted by molar-refractivity contribution is -0.129. The predicted octanol–water partition coefficient (Wildman–Crippen LogP) is 4.20. The van der Waals surface area contributed by atoms with E-state index >= 15 is 0 Å².